The second-order valence-corrected chi connectivity index (χ2v) is 5.67. The maximum Gasteiger partial charge on any atom is 0.225 e. The molecule has 3 aromatic rings. The summed E-state index contributed by atoms with van der Waals surface area (Å²) in [7, 11) is 0. The first kappa shape index (κ1) is 15.9. The number of nitrogens with zero attached hydrogens (tertiary/aromatic N) is 2. The molecule has 1 aromatic carbocycles. The Labute approximate surface area is 141 Å². The zero-order valence-electron chi connectivity index (χ0n) is 13.5. The molecule has 1 N–H and O–H groups in total. The fourth-order valence-corrected chi connectivity index (χ4v) is 2.65. The smallest absolute Gasteiger partial charge is 0.225 e. The molecule has 2 aromatic heterocycles. The molecule has 0 fully saturated rings. The van der Waals surface area contributed by atoms with Gasteiger partial charge in [-0.15, -0.1) is 0 Å². The van der Waals surface area contributed by atoms with Gasteiger partial charge < -0.3 is 5.32 Å². The summed E-state index contributed by atoms with van der Waals surface area (Å²) in [5.41, 5.74) is 4.07. The predicted molar refractivity (Wildman–Crippen MR) is 93.3 cm³/mol. The van der Waals surface area contributed by atoms with Crippen molar-refractivity contribution in [2.45, 2.75) is 19.4 Å². The van der Waals surface area contributed by atoms with Gasteiger partial charge in [0.15, 0.2) is 0 Å². The van der Waals surface area contributed by atoms with Crippen LogP contribution in [0.4, 0.5) is 0 Å². The molecule has 3 rings (SSSR count). The van der Waals surface area contributed by atoms with E-state index in [0.717, 1.165) is 22.3 Å². The Bertz CT molecular complexity index is 764. The van der Waals surface area contributed by atoms with E-state index >= 15 is 0 Å². The van der Waals surface area contributed by atoms with Crippen LogP contribution in [0.1, 0.15) is 28.3 Å². The number of aryl methyl sites for hydroxylation is 1. The van der Waals surface area contributed by atoms with E-state index < -0.39 is 0 Å². The number of aromatic nitrogens is 2. The van der Waals surface area contributed by atoms with Gasteiger partial charge in [-0.3, -0.25) is 14.8 Å². The quantitative estimate of drug-likeness (QED) is 0.786. The molecule has 0 spiro atoms. The highest BCUT2D eigenvalue weighted by molar-refractivity contribution is 5.79. The highest BCUT2D eigenvalue weighted by Crippen LogP contribution is 2.21. The number of nitrogens with one attached hydrogen (secondary N) is 1. The number of amides is 1. The van der Waals surface area contributed by atoms with E-state index in [2.05, 4.69) is 15.3 Å². The second-order valence-electron chi connectivity index (χ2n) is 5.67. The van der Waals surface area contributed by atoms with Gasteiger partial charge in [0.1, 0.15) is 0 Å². The summed E-state index contributed by atoms with van der Waals surface area (Å²) < 4.78 is 0. The van der Waals surface area contributed by atoms with Crippen molar-refractivity contribution in [3.8, 4) is 0 Å². The number of pyridine rings is 2. The van der Waals surface area contributed by atoms with Crippen LogP contribution in [0.5, 0.6) is 0 Å². The topological polar surface area (TPSA) is 54.9 Å². The van der Waals surface area contributed by atoms with Crippen molar-refractivity contribution in [1.29, 1.82) is 0 Å². The van der Waals surface area contributed by atoms with Crippen molar-refractivity contribution < 1.29 is 4.79 Å². The lowest BCUT2D eigenvalue weighted by Gasteiger charge is -2.20. The van der Waals surface area contributed by atoms with Crippen LogP contribution in [0.2, 0.25) is 0 Å². The maximum absolute atomic E-state index is 12.6. The van der Waals surface area contributed by atoms with Crippen LogP contribution in [-0.2, 0) is 11.2 Å². The Morgan fingerprint density at radius 2 is 1.62 bits per heavy atom. The SMILES string of the molecule is Cc1cnccc1CC(=O)NC(c1ccccc1)c1ccncc1. The molecular weight excluding hydrogens is 298 g/mol. The molecule has 0 aliphatic carbocycles. The van der Waals surface area contributed by atoms with Gasteiger partial charge in [-0.1, -0.05) is 30.3 Å². The fourth-order valence-electron chi connectivity index (χ4n) is 2.65. The van der Waals surface area contributed by atoms with Crippen LogP contribution < -0.4 is 5.32 Å². The molecule has 0 aliphatic heterocycles. The number of carbonyl (C=O) groups is 1. The van der Waals surface area contributed by atoms with Gasteiger partial charge in [-0.05, 0) is 47.4 Å². The van der Waals surface area contributed by atoms with Crippen LogP contribution in [-0.4, -0.2) is 15.9 Å². The number of hydrogen-bond donors (Lipinski definition) is 1. The Morgan fingerprint density at radius 1 is 0.958 bits per heavy atom. The summed E-state index contributed by atoms with van der Waals surface area (Å²) >= 11 is 0. The van der Waals surface area contributed by atoms with E-state index in [1.165, 1.54) is 0 Å². The highest BCUT2D eigenvalue weighted by Gasteiger charge is 2.17. The van der Waals surface area contributed by atoms with Crippen molar-refractivity contribution in [2.24, 2.45) is 0 Å². The Kier molecular flexibility index (Phi) is 4.96. The molecule has 1 unspecified atom stereocenters. The third kappa shape index (κ3) is 3.84. The minimum atomic E-state index is -0.191. The second kappa shape index (κ2) is 7.51. The minimum absolute atomic E-state index is 0.0186. The standard InChI is InChI=1S/C20H19N3O/c1-15-14-22-12-9-18(15)13-19(24)23-20(16-5-3-2-4-6-16)17-7-10-21-11-8-17/h2-12,14,20H,13H2,1H3,(H,23,24). The van der Waals surface area contributed by atoms with Gasteiger partial charge in [0, 0.05) is 24.8 Å². The molecule has 4 nitrogen and oxygen atoms in total. The van der Waals surface area contributed by atoms with E-state index in [1.807, 2.05) is 55.5 Å². The zero-order valence-corrected chi connectivity index (χ0v) is 13.5. The van der Waals surface area contributed by atoms with Gasteiger partial charge in [0.05, 0.1) is 12.5 Å². The molecule has 4 heteroatoms. The minimum Gasteiger partial charge on any atom is -0.345 e. The summed E-state index contributed by atoms with van der Waals surface area (Å²) in [5.74, 6) is -0.0186. The summed E-state index contributed by atoms with van der Waals surface area (Å²) in [6.07, 6.45) is 7.31. The van der Waals surface area contributed by atoms with Crippen LogP contribution in [0.25, 0.3) is 0 Å². The summed E-state index contributed by atoms with van der Waals surface area (Å²) in [4.78, 5) is 20.7. The molecule has 0 aliphatic rings. The fraction of sp³-hybridized carbons (Fsp3) is 0.150. The Hall–Kier alpha value is -3.01. The number of benzene rings is 1. The van der Waals surface area contributed by atoms with Crippen molar-refractivity contribution in [3.05, 3.63) is 95.6 Å². The molecule has 2 heterocycles. The summed E-state index contributed by atoms with van der Waals surface area (Å²) in [5, 5.41) is 3.14. The van der Waals surface area contributed by atoms with Crippen LogP contribution in [0, 0.1) is 6.92 Å². The Balaban J connectivity index is 1.82. The molecule has 0 saturated carbocycles. The molecule has 1 amide bonds. The van der Waals surface area contributed by atoms with Gasteiger partial charge >= 0.3 is 0 Å². The lowest BCUT2D eigenvalue weighted by Crippen LogP contribution is -2.30. The predicted octanol–water partition coefficient (Wildman–Crippen LogP) is 3.23. The van der Waals surface area contributed by atoms with Crippen molar-refractivity contribution >= 4 is 5.91 Å². The van der Waals surface area contributed by atoms with E-state index in [9.17, 15) is 4.79 Å². The van der Waals surface area contributed by atoms with E-state index in [4.69, 9.17) is 0 Å². The monoisotopic (exact) mass is 317 g/mol. The van der Waals surface area contributed by atoms with Crippen LogP contribution in [0.3, 0.4) is 0 Å². The molecule has 0 bridgehead atoms. The summed E-state index contributed by atoms with van der Waals surface area (Å²) in [6.45, 7) is 1.97. The first-order valence-electron chi connectivity index (χ1n) is 7.88. The molecular formula is C20H19N3O. The lowest BCUT2D eigenvalue weighted by molar-refractivity contribution is -0.120. The third-order valence-electron chi connectivity index (χ3n) is 3.97. The normalized spacial score (nSPS) is 11.7. The van der Waals surface area contributed by atoms with E-state index in [0.29, 0.717) is 6.42 Å². The van der Waals surface area contributed by atoms with E-state index in [1.54, 1.807) is 24.8 Å². The van der Waals surface area contributed by atoms with Crippen molar-refractivity contribution in [3.63, 3.8) is 0 Å². The van der Waals surface area contributed by atoms with Gasteiger partial charge in [-0.25, -0.2) is 0 Å². The molecule has 24 heavy (non-hydrogen) atoms. The number of rotatable bonds is 5. The van der Waals surface area contributed by atoms with Gasteiger partial charge in [0.2, 0.25) is 5.91 Å². The van der Waals surface area contributed by atoms with Gasteiger partial charge in [0.25, 0.3) is 0 Å². The first-order valence-corrected chi connectivity index (χ1v) is 7.88. The molecule has 120 valence electrons. The lowest BCUT2D eigenvalue weighted by atomic mass is 9.99. The third-order valence-corrected chi connectivity index (χ3v) is 3.97. The molecule has 0 saturated heterocycles. The Morgan fingerprint density at radius 3 is 2.33 bits per heavy atom. The molecule has 1 atom stereocenters. The van der Waals surface area contributed by atoms with Gasteiger partial charge in [-0.2, -0.15) is 0 Å². The largest absolute Gasteiger partial charge is 0.345 e. The van der Waals surface area contributed by atoms with Crippen molar-refractivity contribution in [1.82, 2.24) is 15.3 Å². The number of hydrogen-bond acceptors (Lipinski definition) is 3. The average Bonchev–Trinajstić information content (AvgIpc) is 2.63. The first-order chi connectivity index (χ1) is 11.7. The number of carbonyl (C=O) groups excluding carboxylic acids is 1. The summed E-state index contributed by atoms with van der Waals surface area (Å²) in [6, 6.07) is 15.5. The van der Waals surface area contributed by atoms with Crippen LogP contribution in [0.15, 0.2) is 73.3 Å². The van der Waals surface area contributed by atoms with Crippen molar-refractivity contribution in [2.75, 3.05) is 0 Å². The van der Waals surface area contributed by atoms with Crippen LogP contribution >= 0.6 is 0 Å². The maximum atomic E-state index is 12.6. The van der Waals surface area contributed by atoms with E-state index in [-0.39, 0.29) is 11.9 Å². The molecule has 0 radical (unpaired) electrons. The average molecular weight is 317 g/mol. The zero-order chi connectivity index (χ0) is 16.8. The highest BCUT2D eigenvalue weighted by atomic mass is 16.1.